The molecule has 6 heteroatoms. The Balaban J connectivity index is 1.80. The Labute approximate surface area is 147 Å². The summed E-state index contributed by atoms with van der Waals surface area (Å²) in [7, 11) is 0. The molecule has 0 saturated carbocycles. The number of carbonyl (C=O) groups is 2. The summed E-state index contributed by atoms with van der Waals surface area (Å²) >= 11 is 1.65. The number of benzene rings is 1. The number of nitrogens with zero attached hydrogens (tertiary/aromatic N) is 2. The Bertz CT molecular complexity index is 605. The van der Waals surface area contributed by atoms with Crippen LogP contribution in [-0.2, 0) is 16.0 Å². The van der Waals surface area contributed by atoms with Crippen LogP contribution in [0, 0.1) is 0 Å². The highest BCUT2D eigenvalue weighted by molar-refractivity contribution is 7.99. The third kappa shape index (κ3) is 3.44. The highest BCUT2D eigenvalue weighted by Gasteiger charge is 2.38. The molecule has 0 aliphatic carbocycles. The van der Waals surface area contributed by atoms with Gasteiger partial charge < -0.3 is 15.1 Å². The zero-order valence-corrected chi connectivity index (χ0v) is 15.1. The first-order valence-corrected chi connectivity index (χ1v) is 9.72. The van der Waals surface area contributed by atoms with Crippen LogP contribution in [0.3, 0.4) is 0 Å². The van der Waals surface area contributed by atoms with E-state index in [9.17, 15) is 9.59 Å². The zero-order valence-electron chi connectivity index (χ0n) is 14.3. The second-order valence-electron chi connectivity index (χ2n) is 6.35. The van der Waals surface area contributed by atoms with Crippen molar-refractivity contribution in [3.05, 3.63) is 35.4 Å². The van der Waals surface area contributed by atoms with Gasteiger partial charge in [-0.3, -0.25) is 9.59 Å². The molecule has 0 aromatic heterocycles. The van der Waals surface area contributed by atoms with E-state index in [0.717, 1.165) is 25.1 Å². The van der Waals surface area contributed by atoms with E-state index in [-0.39, 0.29) is 23.9 Å². The Morgan fingerprint density at radius 1 is 1.25 bits per heavy atom. The van der Waals surface area contributed by atoms with Gasteiger partial charge in [0.1, 0.15) is 6.04 Å². The lowest BCUT2D eigenvalue weighted by atomic mass is 10.00. The number of rotatable bonds is 3. The lowest BCUT2D eigenvalue weighted by Gasteiger charge is -2.39. The standard InChI is InChI=1S/C18H25N3O2S/c1-3-14-4-6-15(7-5-14)16-10-19-8-9-20(16)18(23)17-11-24-12-21(17)13(2)22/h4-7,16-17,19H,3,8-12H2,1-2H3. The van der Waals surface area contributed by atoms with Crippen molar-refractivity contribution in [2.75, 3.05) is 31.3 Å². The van der Waals surface area contributed by atoms with E-state index in [1.807, 2.05) is 4.90 Å². The second kappa shape index (κ2) is 7.57. The molecule has 2 aliphatic rings. The number of carbonyl (C=O) groups excluding carboxylic acids is 2. The first-order chi connectivity index (χ1) is 11.6. The van der Waals surface area contributed by atoms with E-state index >= 15 is 0 Å². The number of hydrogen-bond acceptors (Lipinski definition) is 4. The van der Waals surface area contributed by atoms with E-state index in [1.54, 1.807) is 23.6 Å². The molecule has 0 spiro atoms. The second-order valence-corrected chi connectivity index (χ2v) is 7.35. The minimum absolute atomic E-state index is 0.0164. The van der Waals surface area contributed by atoms with Gasteiger partial charge in [-0.1, -0.05) is 31.2 Å². The van der Waals surface area contributed by atoms with Gasteiger partial charge in [-0.2, -0.15) is 0 Å². The van der Waals surface area contributed by atoms with Crippen LogP contribution in [0.4, 0.5) is 0 Å². The van der Waals surface area contributed by atoms with Crippen molar-refractivity contribution in [3.63, 3.8) is 0 Å². The molecule has 3 rings (SSSR count). The van der Waals surface area contributed by atoms with E-state index < -0.39 is 0 Å². The van der Waals surface area contributed by atoms with E-state index in [0.29, 0.717) is 18.2 Å². The minimum atomic E-state index is -0.317. The van der Waals surface area contributed by atoms with Crippen LogP contribution in [0.1, 0.15) is 31.0 Å². The Morgan fingerprint density at radius 2 is 2.00 bits per heavy atom. The van der Waals surface area contributed by atoms with Gasteiger partial charge in [0.2, 0.25) is 11.8 Å². The van der Waals surface area contributed by atoms with Gasteiger partial charge >= 0.3 is 0 Å². The van der Waals surface area contributed by atoms with Crippen LogP contribution in [-0.4, -0.2) is 58.9 Å². The molecule has 130 valence electrons. The summed E-state index contributed by atoms with van der Waals surface area (Å²) in [5, 5.41) is 3.39. The van der Waals surface area contributed by atoms with E-state index in [1.165, 1.54) is 5.56 Å². The van der Waals surface area contributed by atoms with Gasteiger partial charge in [-0.05, 0) is 17.5 Å². The van der Waals surface area contributed by atoms with Crippen LogP contribution in [0.15, 0.2) is 24.3 Å². The van der Waals surface area contributed by atoms with Crippen molar-refractivity contribution >= 4 is 23.6 Å². The maximum atomic E-state index is 13.1. The Morgan fingerprint density at radius 3 is 2.67 bits per heavy atom. The SMILES string of the molecule is CCc1ccc(C2CNCCN2C(=O)C2CSCN2C(C)=O)cc1. The fraction of sp³-hybridized carbons (Fsp3) is 0.556. The number of piperazine rings is 1. The van der Waals surface area contributed by atoms with Crippen molar-refractivity contribution in [3.8, 4) is 0 Å². The molecule has 2 saturated heterocycles. The maximum absolute atomic E-state index is 13.1. The normalized spacial score (nSPS) is 24.2. The summed E-state index contributed by atoms with van der Waals surface area (Å²) in [6, 6.07) is 8.26. The molecule has 2 fully saturated rings. The van der Waals surface area contributed by atoms with Crippen LogP contribution < -0.4 is 5.32 Å². The van der Waals surface area contributed by atoms with Gasteiger partial charge in [0, 0.05) is 32.3 Å². The third-order valence-corrected chi connectivity index (χ3v) is 5.88. The molecule has 2 aliphatic heterocycles. The van der Waals surface area contributed by atoms with Gasteiger partial charge in [0.15, 0.2) is 0 Å². The smallest absolute Gasteiger partial charge is 0.246 e. The quantitative estimate of drug-likeness (QED) is 0.903. The van der Waals surface area contributed by atoms with Gasteiger partial charge in [-0.15, -0.1) is 11.8 Å². The van der Waals surface area contributed by atoms with Crippen LogP contribution in [0.2, 0.25) is 0 Å². The maximum Gasteiger partial charge on any atom is 0.246 e. The molecule has 2 atom stereocenters. The van der Waals surface area contributed by atoms with Gasteiger partial charge in [0.25, 0.3) is 0 Å². The molecule has 2 amide bonds. The average molecular weight is 347 g/mol. The monoisotopic (exact) mass is 347 g/mol. The first-order valence-electron chi connectivity index (χ1n) is 8.56. The van der Waals surface area contributed by atoms with Crippen LogP contribution >= 0.6 is 11.8 Å². The summed E-state index contributed by atoms with van der Waals surface area (Å²) in [5.41, 5.74) is 2.46. The Kier molecular flexibility index (Phi) is 5.46. The molecule has 24 heavy (non-hydrogen) atoms. The van der Waals surface area contributed by atoms with Crippen molar-refractivity contribution in [2.45, 2.75) is 32.4 Å². The summed E-state index contributed by atoms with van der Waals surface area (Å²) < 4.78 is 0. The van der Waals surface area contributed by atoms with Crippen molar-refractivity contribution in [1.29, 1.82) is 0 Å². The number of thioether (sulfide) groups is 1. The van der Waals surface area contributed by atoms with Crippen LogP contribution in [0.25, 0.3) is 0 Å². The zero-order chi connectivity index (χ0) is 17.1. The molecule has 0 radical (unpaired) electrons. The highest BCUT2D eigenvalue weighted by atomic mass is 32.2. The fourth-order valence-electron chi connectivity index (χ4n) is 3.39. The van der Waals surface area contributed by atoms with Gasteiger partial charge in [-0.25, -0.2) is 0 Å². The topological polar surface area (TPSA) is 52.7 Å². The highest BCUT2D eigenvalue weighted by Crippen LogP contribution is 2.28. The van der Waals surface area contributed by atoms with Crippen molar-refractivity contribution < 1.29 is 9.59 Å². The minimum Gasteiger partial charge on any atom is -0.331 e. The predicted molar refractivity (Wildman–Crippen MR) is 96.8 cm³/mol. The molecular weight excluding hydrogens is 322 g/mol. The molecule has 2 unspecified atom stereocenters. The number of nitrogens with one attached hydrogen (secondary N) is 1. The number of aryl methyl sites for hydroxylation is 1. The fourth-order valence-corrected chi connectivity index (χ4v) is 4.60. The predicted octanol–water partition coefficient (Wildman–Crippen LogP) is 1.64. The van der Waals surface area contributed by atoms with Crippen molar-refractivity contribution in [1.82, 2.24) is 15.1 Å². The molecule has 1 aromatic carbocycles. The largest absolute Gasteiger partial charge is 0.331 e. The molecule has 0 bridgehead atoms. The van der Waals surface area contributed by atoms with E-state index in [4.69, 9.17) is 0 Å². The molecule has 2 heterocycles. The molecule has 1 aromatic rings. The Hall–Kier alpha value is -1.53. The van der Waals surface area contributed by atoms with Crippen molar-refractivity contribution in [2.24, 2.45) is 0 Å². The summed E-state index contributed by atoms with van der Waals surface area (Å²) in [4.78, 5) is 28.6. The molecule has 1 N–H and O–H groups in total. The lowest BCUT2D eigenvalue weighted by Crippen LogP contribution is -2.55. The molecular formula is C18H25N3O2S. The lowest BCUT2D eigenvalue weighted by molar-refractivity contribution is -0.144. The van der Waals surface area contributed by atoms with Gasteiger partial charge in [0.05, 0.1) is 11.9 Å². The first kappa shape index (κ1) is 17.3. The number of amides is 2. The summed E-state index contributed by atoms with van der Waals surface area (Å²) in [6.07, 6.45) is 1.01. The summed E-state index contributed by atoms with van der Waals surface area (Å²) in [5.74, 6) is 1.39. The van der Waals surface area contributed by atoms with Crippen LogP contribution in [0.5, 0.6) is 0 Å². The average Bonchev–Trinajstić information content (AvgIpc) is 3.11. The van der Waals surface area contributed by atoms with E-state index in [2.05, 4.69) is 36.5 Å². The molecule has 5 nitrogen and oxygen atoms in total. The third-order valence-electron chi connectivity index (χ3n) is 4.87. The summed E-state index contributed by atoms with van der Waals surface area (Å²) in [6.45, 7) is 5.93. The number of hydrogen-bond donors (Lipinski definition) is 1.